The van der Waals surface area contributed by atoms with E-state index in [0.29, 0.717) is 29.2 Å². The fourth-order valence-corrected chi connectivity index (χ4v) is 4.78. The minimum absolute atomic E-state index is 0.0711. The number of Topliss-reactive ketones (excluding diaryl/α,β-unsaturated/α-hetero) is 1. The summed E-state index contributed by atoms with van der Waals surface area (Å²) in [6.07, 6.45) is 1.16. The lowest BCUT2D eigenvalue weighted by atomic mass is 9.69. The molecule has 0 saturated heterocycles. The lowest BCUT2D eigenvalue weighted by Crippen LogP contribution is -2.37. The molecule has 0 spiro atoms. The molecule has 2 aromatic carbocycles. The van der Waals surface area contributed by atoms with Gasteiger partial charge < -0.3 is 15.0 Å². The fourth-order valence-electron chi connectivity index (χ4n) is 4.78. The summed E-state index contributed by atoms with van der Waals surface area (Å²) in [6.45, 7) is 4.18. The second-order valence-corrected chi connectivity index (χ2v) is 9.21. The number of rotatable bonds is 3. The summed E-state index contributed by atoms with van der Waals surface area (Å²) in [5.41, 5.74) is 3.30. The molecule has 2 heterocycles. The number of carbonyl (C=O) groups excluding carboxylic acids is 1. The molecule has 0 radical (unpaired) electrons. The molecule has 1 aliphatic heterocycles. The lowest BCUT2D eigenvalue weighted by Gasteiger charge is -2.38. The number of allylic oxidation sites excluding steroid dienone is 2. The molecule has 0 bridgehead atoms. The van der Waals surface area contributed by atoms with Crippen molar-refractivity contribution in [3.63, 3.8) is 0 Å². The molecule has 32 heavy (non-hydrogen) atoms. The van der Waals surface area contributed by atoms with Crippen LogP contribution in [-0.4, -0.2) is 22.9 Å². The number of carbonyl (C=O) groups is 1. The van der Waals surface area contributed by atoms with E-state index in [9.17, 15) is 9.59 Å². The molecule has 6 heteroatoms. The number of methoxy groups -OCH3 is 1. The molecule has 0 amide bonds. The summed E-state index contributed by atoms with van der Waals surface area (Å²) in [6, 6.07) is 17.1. The van der Waals surface area contributed by atoms with Gasteiger partial charge in [0.1, 0.15) is 17.4 Å². The number of benzene rings is 2. The topological polar surface area (TPSA) is 84.1 Å². The van der Waals surface area contributed by atoms with Gasteiger partial charge in [0.05, 0.1) is 12.7 Å². The highest BCUT2D eigenvalue weighted by Gasteiger charge is 2.42. The van der Waals surface area contributed by atoms with Gasteiger partial charge in [0.25, 0.3) is 5.56 Å². The van der Waals surface area contributed by atoms with E-state index >= 15 is 0 Å². The number of H-pyrrole nitrogens is 1. The molecule has 1 aliphatic carbocycles. The number of anilines is 1. The SMILES string of the molecule is COc1ccc(C2C3=C(CC(C)(C)CC3=O)Nc3nc(-c4ccccc4)[nH]c(=O)c32)cc1. The monoisotopic (exact) mass is 427 g/mol. The first-order valence-electron chi connectivity index (χ1n) is 10.7. The number of nitrogens with zero attached hydrogens (tertiary/aromatic N) is 1. The number of nitrogens with one attached hydrogen (secondary N) is 2. The van der Waals surface area contributed by atoms with Crippen molar-refractivity contribution in [2.75, 3.05) is 12.4 Å². The zero-order chi connectivity index (χ0) is 22.5. The van der Waals surface area contributed by atoms with E-state index in [-0.39, 0.29) is 16.8 Å². The molecule has 0 fully saturated rings. The third-order valence-corrected chi connectivity index (χ3v) is 6.22. The van der Waals surface area contributed by atoms with Gasteiger partial charge in [-0.2, -0.15) is 0 Å². The van der Waals surface area contributed by atoms with Crippen molar-refractivity contribution in [1.29, 1.82) is 0 Å². The Bertz CT molecular complexity index is 1290. The summed E-state index contributed by atoms with van der Waals surface area (Å²) in [7, 11) is 1.61. The Morgan fingerprint density at radius 2 is 1.72 bits per heavy atom. The molecule has 6 nitrogen and oxygen atoms in total. The van der Waals surface area contributed by atoms with Gasteiger partial charge in [-0.1, -0.05) is 56.3 Å². The van der Waals surface area contributed by atoms with Crippen LogP contribution in [0.5, 0.6) is 5.75 Å². The zero-order valence-corrected chi connectivity index (χ0v) is 18.4. The molecule has 5 rings (SSSR count). The van der Waals surface area contributed by atoms with Crippen molar-refractivity contribution in [3.05, 3.63) is 87.3 Å². The number of aromatic amines is 1. The van der Waals surface area contributed by atoms with Crippen LogP contribution < -0.4 is 15.6 Å². The Morgan fingerprint density at radius 3 is 2.41 bits per heavy atom. The highest BCUT2D eigenvalue weighted by molar-refractivity contribution is 6.01. The minimum atomic E-state index is -0.475. The van der Waals surface area contributed by atoms with Crippen LogP contribution in [0.3, 0.4) is 0 Å². The molecule has 3 aromatic rings. The van der Waals surface area contributed by atoms with Gasteiger partial charge in [-0.05, 0) is 29.5 Å². The first-order valence-corrected chi connectivity index (χ1v) is 10.7. The quantitative estimate of drug-likeness (QED) is 0.636. The van der Waals surface area contributed by atoms with E-state index in [1.54, 1.807) is 7.11 Å². The minimum Gasteiger partial charge on any atom is -0.497 e. The summed E-state index contributed by atoms with van der Waals surface area (Å²) >= 11 is 0. The van der Waals surface area contributed by atoms with Gasteiger partial charge in [-0.15, -0.1) is 0 Å². The Balaban J connectivity index is 1.72. The van der Waals surface area contributed by atoms with Crippen molar-refractivity contribution in [2.24, 2.45) is 5.41 Å². The lowest BCUT2D eigenvalue weighted by molar-refractivity contribution is -0.118. The van der Waals surface area contributed by atoms with Crippen LogP contribution >= 0.6 is 0 Å². The molecular weight excluding hydrogens is 402 g/mol. The Labute approximate surface area is 186 Å². The molecule has 2 N–H and O–H groups in total. The van der Waals surface area contributed by atoms with Crippen LogP contribution in [-0.2, 0) is 4.79 Å². The van der Waals surface area contributed by atoms with E-state index in [2.05, 4.69) is 24.1 Å². The highest BCUT2D eigenvalue weighted by Crippen LogP contribution is 2.47. The number of aromatic nitrogens is 2. The Kier molecular flexibility index (Phi) is 4.73. The van der Waals surface area contributed by atoms with E-state index in [4.69, 9.17) is 9.72 Å². The van der Waals surface area contributed by atoms with E-state index in [1.807, 2.05) is 54.6 Å². The van der Waals surface area contributed by atoms with E-state index < -0.39 is 5.92 Å². The maximum atomic E-state index is 13.4. The Morgan fingerprint density at radius 1 is 1.00 bits per heavy atom. The largest absolute Gasteiger partial charge is 0.497 e. The normalized spacial score (nSPS) is 19.1. The molecule has 1 unspecified atom stereocenters. The van der Waals surface area contributed by atoms with E-state index in [1.165, 1.54) is 0 Å². The van der Waals surface area contributed by atoms with Crippen molar-refractivity contribution < 1.29 is 9.53 Å². The molecule has 2 aliphatic rings. The first kappa shape index (κ1) is 20.2. The third kappa shape index (κ3) is 3.42. The van der Waals surface area contributed by atoms with Gasteiger partial charge >= 0.3 is 0 Å². The third-order valence-electron chi connectivity index (χ3n) is 6.22. The van der Waals surface area contributed by atoms with Crippen LogP contribution in [0.25, 0.3) is 11.4 Å². The molecule has 162 valence electrons. The smallest absolute Gasteiger partial charge is 0.257 e. The van der Waals surface area contributed by atoms with Crippen LogP contribution in [0, 0.1) is 5.41 Å². The second-order valence-electron chi connectivity index (χ2n) is 9.21. The van der Waals surface area contributed by atoms with Crippen molar-refractivity contribution in [1.82, 2.24) is 9.97 Å². The number of hydrogen-bond acceptors (Lipinski definition) is 5. The van der Waals surface area contributed by atoms with E-state index in [0.717, 1.165) is 29.0 Å². The second kappa shape index (κ2) is 7.48. The van der Waals surface area contributed by atoms with Crippen LogP contribution in [0.2, 0.25) is 0 Å². The van der Waals surface area contributed by atoms with Gasteiger partial charge in [0.15, 0.2) is 5.78 Å². The summed E-state index contributed by atoms with van der Waals surface area (Å²) in [5.74, 6) is 1.33. The number of ketones is 1. The van der Waals surface area contributed by atoms with Crippen molar-refractivity contribution >= 4 is 11.6 Å². The van der Waals surface area contributed by atoms with Gasteiger partial charge in [0, 0.05) is 29.2 Å². The maximum Gasteiger partial charge on any atom is 0.257 e. The molecular formula is C26H25N3O3. The van der Waals surface area contributed by atoms with Gasteiger partial charge in [-0.3, -0.25) is 9.59 Å². The fraction of sp³-hybridized carbons (Fsp3) is 0.269. The zero-order valence-electron chi connectivity index (χ0n) is 18.4. The molecule has 0 saturated carbocycles. The number of ether oxygens (including phenoxy) is 1. The summed E-state index contributed by atoms with van der Waals surface area (Å²) in [5, 5.41) is 3.36. The van der Waals surface area contributed by atoms with Crippen molar-refractivity contribution in [2.45, 2.75) is 32.6 Å². The summed E-state index contributed by atoms with van der Waals surface area (Å²) in [4.78, 5) is 34.4. The molecule has 1 atom stereocenters. The van der Waals surface area contributed by atoms with Crippen LogP contribution in [0.4, 0.5) is 5.82 Å². The number of fused-ring (bicyclic) bond motifs is 1. The van der Waals surface area contributed by atoms with Gasteiger partial charge in [-0.25, -0.2) is 4.98 Å². The van der Waals surface area contributed by atoms with Crippen molar-refractivity contribution in [3.8, 4) is 17.1 Å². The van der Waals surface area contributed by atoms with Gasteiger partial charge in [0.2, 0.25) is 0 Å². The standard InChI is InChI=1S/C26H25N3O3/c1-26(2)13-18-21(19(30)14-26)20(15-9-11-17(32-3)12-10-15)22-24(27-18)28-23(29-25(22)31)16-7-5-4-6-8-16/h4-12,20H,13-14H2,1-3H3,(H2,27,28,29,31). The number of hydrogen-bond donors (Lipinski definition) is 2. The van der Waals surface area contributed by atoms with Crippen LogP contribution in [0.1, 0.15) is 43.7 Å². The summed E-state index contributed by atoms with van der Waals surface area (Å²) < 4.78 is 5.30. The predicted molar refractivity (Wildman–Crippen MR) is 124 cm³/mol. The average molecular weight is 428 g/mol. The van der Waals surface area contributed by atoms with Crippen LogP contribution in [0.15, 0.2) is 70.7 Å². The average Bonchev–Trinajstić information content (AvgIpc) is 2.77. The molecule has 1 aromatic heterocycles. The highest BCUT2D eigenvalue weighted by atomic mass is 16.5. The Hall–Kier alpha value is -3.67. The predicted octanol–water partition coefficient (Wildman–Crippen LogP) is 4.65. The first-order chi connectivity index (χ1) is 15.4. The maximum absolute atomic E-state index is 13.4.